The standard InChI is InChI=1S/C12H20N2O2/c1-9-11(15)13(2)7-8-14(9)12(16)10-5-3-4-6-10/h9-10H,3-8H2,1-2H3. The van der Waals surface area contributed by atoms with Crippen LogP contribution in [-0.4, -0.2) is 47.8 Å². The van der Waals surface area contributed by atoms with E-state index in [4.69, 9.17) is 0 Å². The summed E-state index contributed by atoms with van der Waals surface area (Å²) in [7, 11) is 1.80. The highest BCUT2D eigenvalue weighted by atomic mass is 16.2. The van der Waals surface area contributed by atoms with Gasteiger partial charge in [0.15, 0.2) is 0 Å². The molecule has 2 amide bonds. The molecule has 90 valence electrons. The van der Waals surface area contributed by atoms with Crippen LogP contribution < -0.4 is 0 Å². The van der Waals surface area contributed by atoms with Crippen LogP contribution in [0.15, 0.2) is 0 Å². The summed E-state index contributed by atoms with van der Waals surface area (Å²) < 4.78 is 0. The van der Waals surface area contributed by atoms with Crippen molar-refractivity contribution >= 4 is 11.8 Å². The first-order chi connectivity index (χ1) is 7.61. The fourth-order valence-corrected chi connectivity index (χ4v) is 2.72. The molecule has 1 atom stereocenters. The van der Waals surface area contributed by atoms with Crippen molar-refractivity contribution in [1.82, 2.24) is 9.80 Å². The quantitative estimate of drug-likeness (QED) is 0.663. The van der Waals surface area contributed by atoms with Crippen molar-refractivity contribution in [3.05, 3.63) is 0 Å². The second-order valence-electron chi connectivity index (χ2n) is 4.95. The van der Waals surface area contributed by atoms with Crippen molar-refractivity contribution in [2.24, 2.45) is 5.92 Å². The minimum absolute atomic E-state index is 0.0672. The first-order valence-corrected chi connectivity index (χ1v) is 6.16. The molecule has 0 aromatic rings. The molecule has 1 heterocycles. The zero-order chi connectivity index (χ0) is 11.7. The zero-order valence-electron chi connectivity index (χ0n) is 10.1. The van der Waals surface area contributed by atoms with Gasteiger partial charge in [-0.05, 0) is 19.8 Å². The number of nitrogens with zero attached hydrogens (tertiary/aromatic N) is 2. The van der Waals surface area contributed by atoms with Crippen molar-refractivity contribution in [2.75, 3.05) is 20.1 Å². The average Bonchev–Trinajstić information content (AvgIpc) is 2.79. The van der Waals surface area contributed by atoms with Gasteiger partial charge < -0.3 is 9.80 Å². The second-order valence-corrected chi connectivity index (χ2v) is 4.95. The summed E-state index contributed by atoms with van der Waals surface area (Å²) in [6.07, 6.45) is 4.33. The monoisotopic (exact) mass is 224 g/mol. The van der Waals surface area contributed by atoms with Gasteiger partial charge in [0, 0.05) is 26.1 Å². The third kappa shape index (κ3) is 1.93. The van der Waals surface area contributed by atoms with Crippen LogP contribution in [0.3, 0.4) is 0 Å². The highest BCUT2D eigenvalue weighted by Crippen LogP contribution is 2.27. The summed E-state index contributed by atoms with van der Waals surface area (Å²) >= 11 is 0. The fourth-order valence-electron chi connectivity index (χ4n) is 2.72. The molecule has 0 spiro atoms. The van der Waals surface area contributed by atoms with Gasteiger partial charge in [-0.3, -0.25) is 9.59 Å². The van der Waals surface area contributed by atoms with Crippen LogP contribution in [0.4, 0.5) is 0 Å². The summed E-state index contributed by atoms with van der Waals surface area (Å²) in [5.41, 5.74) is 0. The van der Waals surface area contributed by atoms with Gasteiger partial charge in [0.25, 0.3) is 0 Å². The minimum Gasteiger partial charge on any atom is -0.342 e. The van der Waals surface area contributed by atoms with E-state index in [2.05, 4.69) is 0 Å². The topological polar surface area (TPSA) is 40.6 Å². The number of carbonyl (C=O) groups excluding carboxylic acids is 2. The Morgan fingerprint density at radius 1 is 1.25 bits per heavy atom. The van der Waals surface area contributed by atoms with Crippen LogP contribution in [0.2, 0.25) is 0 Å². The summed E-state index contributed by atoms with van der Waals surface area (Å²) in [5, 5.41) is 0. The summed E-state index contributed by atoms with van der Waals surface area (Å²) in [5.74, 6) is 0.447. The number of piperazine rings is 1. The lowest BCUT2D eigenvalue weighted by Gasteiger charge is -2.38. The summed E-state index contributed by atoms with van der Waals surface area (Å²) in [6.45, 7) is 3.20. The maximum absolute atomic E-state index is 12.2. The van der Waals surface area contributed by atoms with Gasteiger partial charge in [-0.2, -0.15) is 0 Å². The van der Waals surface area contributed by atoms with E-state index in [0.717, 1.165) is 25.7 Å². The van der Waals surface area contributed by atoms with E-state index in [1.54, 1.807) is 16.8 Å². The largest absolute Gasteiger partial charge is 0.342 e. The van der Waals surface area contributed by atoms with Crippen molar-refractivity contribution < 1.29 is 9.59 Å². The van der Waals surface area contributed by atoms with Gasteiger partial charge >= 0.3 is 0 Å². The average molecular weight is 224 g/mol. The molecule has 1 saturated heterocycles. The third-order valence-electron chi connectivity index (χ3n) is 3.86. The molecule has 0 aromatic carbocycles. The normalized spacial score (nSPS) is 27.6. The molecule has 1 aliphatic heterocycles. The molecule has 0 radical (unpaired) electrons. The van der Waals surface area contributed by atoms with E-state index in [9.17, 15) is 9.59 Å². The molecule has 0 bridgehead atoms. The van der Waals surface area contributed by atoms with Crippen LogP contribution in [-0.2, 0) is 9.59 Å². The molecule has 4 heteroatoms. The number of carbonyl (C=O) groups is 2. The van der Waals surface area contributed by atoms with E-state index in [1.807, 2.05) is 6.92 Å². The molecule has 0 aromatic heterocycles. The van der Waals surface area contributed by atoms with Crippen molar-refractivity contribution in [3.8, 4) is 0 Å². The molecule has 2 aliphatic rings. The van der Waals surface area contributed by atoms with Gasteiger partial charge in [-0.25, -0.2) is 0 Å². The van der Waals surface area contributed by atoms with Crippen LogP contribution in [0.1, 0.15) is 32.6 Å². The van der Waals surface area contributed by atoms with Crippen LogP contribution in [0.25, 0.3) is 0 Å². The SMILES string of the molecule is CC1C(=O)N(C)CCN1C(=O)C1CCCC1. The Labute approximate surface area is 96.6 Å². The lowest BCUT2D eigenvalue weighted by atomic mass is 10.0. The molecule has 16 heavy (non-hydrogen) atoms. The van der Waals surface area contributed by atoms with Crippen LogP contribution >= 0.6 is 0 Å². The van der Waals surface area contributed by atoms with Gasteiger partial charge in [-0.15, -0.1) is 0 Å². The van der Waals surface area contributed by atoms with Crippen molar-refractivity contribution in [2.45, 2.75) is 38.6 Å². The van der Waals surface area contributed by atoms with Gasteiger partial charge in [0.1, 0.15) is 6.04 Å². The molecule has 1 unspecified atom stereocenters. The first-order valence-electron chi connectivity index (χ1n) is 6.16. The molecule has 2 fully saturated rings. The molecule has 1 aliphatic carbocycles. The third-order valence-corrected chi connectivity index (χ3v) is 3.86. The Balaban J connectivity index is 2.03. The molecule has 4 nitrogen and oxygen atoms in total. The summed E-state index contributed by atoms with van der Waals surface area (Å²) in [6, 6.07) is -0.271. The van der Waals surface area contributed by atoms with Crippen molar-refractivity contribution in [1.29, 1.82) is 0 Å². The van der Waals surface area contributed by atoms with Crippen LogP contribution in [0.5, 0.6) is 0 Å². The predicted octanol–water partition coefficient (Wildman–Crippen LogP) is 0.866. The van der Waals surface area contributed by atoms with Crippen LogP contribution in [0, 0.1) is 5.92 Å². The maximum atomic E-state index is 12.2. The highest BCUT2D eigenvalue weighted by Gasteiger charge is 2.36. The Morgan fingerprint density at radius 2 is 1.88 bits per heavy atom. The molecule has 2 rings (SSSR count). The van der Waals surface area contributed by atoms with E-state index in [1.165, 1.54) is 0 Å². The van der Waals surface area contributed by atoms with Crippen molar-refractivity contribution in [3.63, 3.8) is 0 Å². The molecule has 0 N–H and O–H groups in total. The molecular weight excluding hydrogens is 204 g/mol. The smallest absolute Gasteiger partial charge is 0.244 e. The minimum atomic E-state index is -0.271. The van der Waals surface area contributed by atoms with Gasteiger partial charge in [0.2, 0.25) is 11.8 Å². The predicted molar refractivity (Wildman–Crippen MR) is 60.8 cm³/mol. The van der Waals surface area contributed by atoms with Gasteiger partial charge in [-0.1, -0.05) is 12.8 Å². The molecular formula is C12H20N2O2. The Bertz CT molecular complexity index is 297. The number of rotatable bonds is 1. The number of amides is 2. The summed E-state index contributed by atoms with van der Waals surface area (Å²) in [4.78, 5) is 27.5. The van der Waals surface area contributed by atoms with E-state index in [-0.39, 0.29) is 23.8 Å². The maximum Gasteiger partial charge on any atom is 0.244 e. The highest BCUT2D eigenvalue weighted by molar-refractivity contribution is 5.89. The fraction of sp³-hybridized carbons (Fsp3) is 0.833. The van der Waals surface area contributed by atoms with E-state index >= 15 is 0 Å². The Kier molecular flexibility index (Phi) is 3.17. The Hall–Kier alpha value is -1.06. The number of hydrogen-bond donors (Lipinski definition) is 0. The number of likely N-dealkylation sites (N-methyl/N-ethyl adjacent to an activating group) is 1. The second kappa shape index (κ2) is 4.44. The molecule has 1 saturated carbocycles. The van der Waals surface area contributed by atoms with E-state index in [0.29, 0.717) is 13.1 Å². The lowest BCUT2D eigenvalue weighted by molar-refractivity contribution is -0.151. The lowest BCUT2D eigenvalue weighted by Crippen LogP contribution is -2.57. The Morgan fingerprint density at radius 3 is 2.50 bits per heavy atom. The van der Waals surface area contributed by atoms with E-state index < -0.39 is 0 Å². The first kappa shape index (κ1) is 11.4. The zero-order valence-corrected chi connectivity index (χ0v) is 10.1. The van der Waals surface area contributed by atoms with Gasteiger partial charge in [0.05, 0.1) is 0 Å². The number of hydrogen-bond acceptors (Lipinski definition) is 2.